The molecule has 1 aromatic heterocycles. The maximum atomic E-state index is 10.2. The van der Waals surface area contributed by atoms with Gasteiger partial charge in [0.15, 0.2) is 0 Å². The fourth-order valence-electron chi connectivity index (χ4n) is 3.33. The van der Waals surface area contributed by atoms with Gasteiger partial charge < -0.3 is 50.3 Å². The Bertz CT molecular complexity index is 578. The van der Waals surface area contributed by atoms with E-state index in [0.29, 0.717) is 0 Å². The largest absolute Gasteiger partial charge is 0.394 e. The first kappa shape index (κ1) is 20.5. The number of hydrogen-bond acceptors (Lipinski definition) is 12. The topological polar surface area (TPSA) is 222 Å². The van der Waals surface area contributed by atoms with Gasteiger partial charge in [-0.05, 0) is 0 Å². The predicted molar refractivity (Wildman–Crippen MR) is 81.8 cm³/mol. The molecule has 0 spiro atoms. The molecule has 3 heterocycles. The van der Waals surface area contributed by atoms with Gasteiger partial charge in [0.2, 0.25) is 0 Å². The van der Waals surface area contributed by atoms with Crippen LogP contribution in [0.5, 0.6) is 0 Å². The van der Waals surface area contributed by atoms with Crippen LogP contribution in [-0.2, 0) is 9.47 Å². The Morgan fingerprint density at radius 1 is 0.704 bits per heavy atom. The molecule has 13 nitrogen and oxygen atoms in total. The Balaban J connectivity index is 1.91. The second-order valence-corrected chi connectivity index (χ2v) is 6.61. The molecule has 2 aliphatic rings. The molecule has 9 N–H and O–H groups in total. The van der Waals surface area contributed by atoms with Crippen LogP contribution in [0, 0.1) is 0 Å². The second kappa shape index (κ2) is 8.00. The van der Waals surface area contributed by atoms with Crippen molar-refractivity contribution in [3.8, 4) is 0 Å². The third-order valence-electron chi connectivity index (χ3n) is 4.94. The van der Waals surface area contributed by atoms with Gasteiger partial charge in [0, 0.05) is 0 Å². The third-order valence-corrected chi connectivity index (χ3v) is 4.94. The van der Waals surface area contributed by atoms with Crippen molar-refractivity contribution in [2.24, 2.45) is 0 Å². The minimum absolute atomic E-state index is 0.0313. The molecule has 27 heavy (non-hydrogen) atoms. The lowest BCUT2D eigenvalue weighted by Gasteiger charge is -2.41. The summed E-state index contributed by atoms with van der Waals surface area (Å²) in [6.07, 6.45) is -14.7. The van der Waals surface area contributed by atoms with Crippen LogP contribution in [0.15, 0.2) is 0 Å². The van der Waals surface area contributed by atoms with E-state index in [1.807, 2.05) is 0 Å². The molecule has 1 aromatic rings. The van der Waals surface area contributed by atoms with E-state index >= 15 is 0 Å². The van der Waals surface area contributed by atoms with Crippen LogP contribution in [0.25, 0.3) is 0 Å². The molecule has 154 valence electrons. The first-order chi connectivity index (χ1) is 12.8. The van der Waals surface area contributed by atoms with E-state index in [9.17, 15) is 40.9 Å². The first-order valence-electron chi connectivity index (χ1n) is 8.33. The van der Waals surface area contributed by atoms with Gasteiger partial charge in [-0.3, -0.25) is 5.10 Å². The summed E-state index contributed by atoms with van der Waals surface area (Å²) < 4.78 is 10.8. The lowest BCUT2D eigenvalue weighted by atomic mass is 9.89. The molecule has 3 rings (SSSR count). The van der Waals surface area contributed by atoms with E-state index in [2.05, 4.69) is 15.4 Å². The van der Waals surface area contributed by atoms with Crippen LogP contribution in [0.3, 0.4) is 0 Å². The van der Waals surface area contributed by atoms with Crippen LogP contribution >= 0.6 is 0 Å². The number of nitrogens with zero attached hydrogens (tertiary/aromatic N) is 2. The van der Waals surface area contributed by atoms with Crippen LogP contribution in [0.4, 0.5) is 0 Å². The Hall–Kier alpha value is -1.26. The van der Waals surface area contributed by atoms with Gasteiger partial charge in [-0.25, -0.2) is 0 Å². The number of nitrogens with one attached hydrogen (secondary N) is 1. The average molecular weight is 393 g/mol. The molecule has 0 amide bonds. The zero-order valence-electron chi connectivity index (χ0n) is 14.0. The Morgan fingerprint density at radius 2 is 1.19 bits per heavy atom. The second-order valence-electron chi connectivity index (χ2n) is 6.61. The number of aromatic amines is 1. The molecular formula is C14H23N3O10. The molecule has 13 heteroatoms. The van der Waals surface area contributed by atoms with Crippen molar-refractivity contribution >= 4 is 0 Å². The summed E-state index contributed by atoms with van der Waals surface area (Å²) in [5.41, 5.74) is -0.132. The summed E-state index contributed by atoms with van der Waals surface area (Å²) in [6, 6.07) is 0. The van der Waals surface area contributed by atoms with Gasteiger partial charge in [0.05, 0.1) is 18.9 Å². The summed E-state index contributed by atoms with van der Waals surface area (Å²) in [4.78, 5) is 0. The van der Waals surface area contributed by atoms with Crippen LogP contribution in [0.1, 0.15) is 23.6 Å². The summed E-state index contributed by atoms with van der Waals surface area (Å²) in [7, 11) is 0. The highest BCUT2D eigenvalue weighted by Crippen LogP contribution is 2.38. The van der Waals surface area contributed by atoms with E-state index in [4.69, 9.17) is 9.47 Å². The van der Waals surface area contributed by atoms with E-state index in [1.54, 1.807) is 0 Å². The molecule has 2 fully saturated rings. The number of ether oxygens (including phenoxy) is 2. The van der Waals surface area contributed by atoms with Gasteiger partial charge in [0.25, 0.3) is 0 Å². The van der Waals surface area contributed by atoms with Crippen molar-refractivity contribution in [2.45, 2.75) is 61.0 Å². The molecule has 0 bridgehead atoms. The molecule has 2 saturated heterocycles. The molecule has 0 unspecified atom stereocenters. The number of hydrogen-bond donors (Lipinski definition) is 9. The Kier molecular flexibility index (Phi) is 6.07. The van der Waals surface area contributed by atoms with Gasteiger partial charge >= 0.3 is 0 Å². The number of aliphatic hydroxyl groups is 8. The average Bonchev–Trinajstić information content (AvgIpc) is 3.14. The fourth-order valence-corrected chi connectivity index (χ4v) is 3.33. The smallest absolute Gasteiger partial charge is 0.132 e. The maximum Gasteiger partial charge on any atom is 0.132 e. The van der Waals surface area contributed by atoms with Gasteiger partial charge in [-0.2, -0.15) is 0 Å². The number of rotatable bonds is 4. The Labute approximate surface area is 152 Å². The molecule has 0 saturated carbocycles. The van der Waals surface area contributed by atoms with Crippen molar-refractivity contribution in [3.63, 3.8) is 0 Å². The van der Waals surface area contributed by atoms with Crippen molar-refractivity contribution < 1.29 is 50.3 Å². The van der Waals surface area contributed by atoms with Crippen molar-refractivity contribution in [3.05, 3.63) is 11.4 Å². The molecule has 0 radical (unpaired) electrons. The maximum absolute atomic E-state index is 10.2. The summed E-state index contributed by atoms with van der Waals surface area (Å²) in [5, 5.41) is 88.5. The fraction of sp³-hybridized carbons (Fsp3) is 0.857. The highest BCUT2D eigenvalue weighted by molar-refractivity contribution is 5.21. The van der Waals surface area contributed by atoms with Crippen LogP contribution < -0.4 is 0 Å². The summed E-state index contributed by atoms with van der Waals surface area (Å²) in [5.74, 6) is 0. The molecule has 0 aromatic carbocycles. The highest BCUT2D eigenvalue weighted by Gasteiger charge is 2.49. The first-order valence-corrected chi connectivity index (χ1v) is 8.33. The minimum Gasteiger partial charge on any atom is -0.394 e. The van der Waals surface area contributed by atoms with Crippen molar-refractivity contribution in [2.75, 3.05) is 13.2 Å². The van der Waals surface area contributed by atoms with E-state index in [-0.39, 0.29) is 11.4 Å². The predicted octanol–water partition coefficient (Wildman–Crippen LogP) is -5.17. The van der Waals surface area contributed by atoms with Gasteiger partial charge in [0.1, 0.15) is 66.7 Å². The molecule has 2 aliphatic heterocycles. The number of aromatic nitrogens is 3. The molecule has 10 atom stereocenters. The normalized spacial score (nSPS) is 45.8. The summed E-state index contributed by atoms with van der Waals surface area (Å²) in [6.45, 7) is -1.28. The quantitative estimate of drug-likeness (QED) is 0.234. The van der Waals surface area contributed by atoms with Crippen molar-refractivity contribution in [1.29, 1.82) is 0 Å². The molecular weight excluding hydrogens is 370 g/mol. The van der Waals surface area contributed by atoms with E-state index < -0.39 is 74.3 Å². The Morgan fingerprint density at radius 3 is 1.70 bits per heavy atom. The van der Waals surface area contributed by atoms with Crippen LogP contribution in [-0.4, -0.2) is 118 Å². The lowest BCUT2D eigenvalue weighted by molar-refractivity contribution is -0.239. The van der Waals surface area contributed by atoms with E-state index in [1.165, 1.54) is 0 Å². The minimum atomic E-state index is -1.65. The van der Waals surface area contributed by atoms with Crippen molar-refractivity contribution in [1.82, 2.24) is 15.4 Å². The monoisotopic (exact) mass is 393 g/mol. The lowest BCUT2D eigenvalue weighted by Crippen LogP contribution is -2.56. The number of aliphatic hydroxyl groups excluding tert-OH is 8. The summed E-state index contributed by atoms with van der Waals surface area (Å²) >= 11 is 0. The number of H-pyrrole nitrogens is 1. The van der Waals surface area contributed by atoms with E-state index in [0.717, 1.165) is 0 Å². The SMILES string of the molecule is OC[C@H]1O[C@H](c2nn[nH]c2[C@@H]2O[C@H](CO)[C@@H](O)[C@@H](O)[C@@H]2O)[C@@H](O)[C@@H](O)[C@@H]1O. The zero-order chi connectivity index (χ0) is 19.9. The standard InChI is InChI=1S/C14H23N3O10/c18-1-3-7(20)9(22)11(24)13(26-3)5-6(16-17-15-5)14-12(25)10(23)8(21)4(2-19)27-14/h3-4,7-14,18-25H,1-2H2,(H,15,16,17)/t3-,4-,7-,8-,9-,10+,11+,12+,13+,14-/m1/s1. The van der Waals surface area contributed by atoms with Crippen LogP contribution in [0.2, 0.25) is 0 Å². The van der Waals surface area contributed by atoms with Gasteiger partial charge in [-0.15, -0.1) is 5.10 Å². The third kappa shape index (κ3) is 3.47. The van der Waals surface area contributed by atoms with Gasteiger partial charge in [-0.1, -0.05) is 5.21 Å². The zero-order valence-corrected chi connectivity index (χ0v) is 14.0. The molecule has 0 aliphatic carbocycles. The highest BCUT2D eigenvalue weighted by atomic mass is 16.6.